The molecule has 0 radical (unpaired) electrons. The Labute approximate surface area is 196 Å². The maximum atomic E-state index is 13.5. The molecule has 0 aromatic carbocycles. The minimum Gasteiger partial charge on any atom is -0.349 e. The number of nitrogens with zero attached hydrogens (tertiary/aromatic N) is 3. The summed E-state index contributed by atoms with van der Waals surface area (Å²) in [6.07, 6.45) is 13.0. The number of thiophene rings is 1. The summed E-state index contributed by atoms with van der Waals surface area (Å²) in [5, 5.41) is 8.74. The van der Waals surface area contributed by atoms with Crippen molar-refractivity contribution in [1.29, 1.82) is 0 Å². The second-order valence-corrected chi connectivity index (χ2v) is 11.7. The first-order chi connectivity index (χ1) is 15.3. The van der Waals surface area contributed by atoms with Gasteiger partial charge in [-0.3, -0.25) is 9.48 Å². The molecular weight excluding hydrogens is 416 g/mol. The van der Waals surface area contributed by atoms with Gasteiger partial charge < -0.3 is 5.32 Å². The Morgan fingerprint density at radius 3 is 2.69 bits per heavy atom. The SMILES string of the molecule is CCn1cc(/C=N/c2sc3c(c2C(=O)NC2CCCCC2)CCC(C(C)(C)C)C3)c(C)n1. The lowest BCUT2D eigenvalue weighted by molar-refractivity contribution is 0.0927. The molecule has 5 nitrogen and oxygen atoms in total. The number of hydrogen-bond acceptors (Lipinski definition) is 4. The van der Waals surface area contributed by atoms with Crippen molar-refractivity contribution in [3.8, 4) is 0 Å². The molecule has 32 heavy (non-hydrogen) atoms. The number of carbonyl (C=O) groups is 1. The number of fused-ring (bicyclic) bond motifs is 1. The monoisotopic (exact) mass is 454 g/mol. The lowest BCUT2D eigenvalue weighted by Gasteiger charge is -2.34. The normalized spacial score (nSPS) is 20.0. The number of nitrogens with one attached hydrogen (secondary N) is 1. The lowest BCUT2D eigenvalue weighted by Crippen LogP contribution is -2.36. The zero-order valence-corrected chi connectivity index (χ0v) is 21.1. The van der Waals surface area contributed by atoms with Gasteiger partial charge in [-0.2, -0.15) is 5.10 Å². The molecule has 1 fully saturated rings. The fourth-order valence-electron chi connectivity index (χ4n) is 5.09. The first-order valence-corrected chi connectivity index (χ1v) is 13.1. The fourth-order valence-corrected chi connectivity index (χ4v) is 6.36. The van der Waals surface area contributed by atoms with Crippen molar-refractivity contribution in [2.45, 2.75) is 98.6 Å². The molecule has 2 heterocycles. The van der Waals surface area contributed by atoms with Crippen LogP contribution in [0.3, 0.4) is 0 Å². The predicted octanol–water partition coefficient (Wildman–Crippen LogP) is 6.24. The van der Waals surface area contributed by atoms with Gasteiger partial charge in [0.05, 0.1) is 11.3 Å². The summed E-state index contributed by atoms with van der Waals surface area (Å²) in [7, 11) is 0. The number of aliphatic imine (C=N–C) groups is 1. The molecular formula is C26H38N4OS. The average Bonchev–Trinajstić information content (AvgIpc) is 3.31. The van der Waals surface area contributed by atoms with E-state index in [4.69, 9.17) is 4.99 Å². The average molecular weight is 455 g/mol. The van der Waals surface area contributed by atoms with Crippen LogP contribution in [0.1, 0.15) is 98.3 Å². The summed E-state index contributed by atoms with van der Waals surface area (Å²) >= 11 is 1.72. The maximum absolute atomic E-state index is 13.5. The Balaban J connectivity index is 1.66. The maximum Gasteiger partial charge on any atom is 0.254 e. The minimum absolute atomic E-state index is 0.0803. The van der Waals surface area contributed by atoms with Crippen molar-refractivity contribution in [3.63, 3.8) is 0 Å². The van der Waals surface area contributed by atoms with Gasteiger partial charge in [0.15, 0.2) is 0 Å². The van der Waals surface area contributed by atoms with Crippen molar-refractivity contribution >= 4 is 28.5 Å². The lowest BCUT2D eigenvalue weighted by atomic mass is 9.72. The zero-order chi connectivity index (χ0) is 22.9. The van der Waals surface area contributed by atoms with E-state index >= 15 is 0 Å². The number of amides is 1. The van der Waals surface area contributed by atoms with Gasteiger partial charge in [-0.05, 0) is 62.8 Å². The van der Waals surface area contributed by atoms with E-state index in [9.17, 15) is 4.79 Å². The van der Waals surface area contributed by atoms with E-state index in [1.807, 2.05) is 24.0 Å². The number of rotatable bonds is 5. The van der Waals surface area contributed by atoms with E-state index < -0.39 is 0 Å². The second kappa shape index (κ2) is 9.50. The summed E-state index contributed by atoms with van der Waals surface area (Å²) in [4.78, 5) is 19.7. The summed E-state index contributed by atoms with van der Waals surface area (Å²) in [6, 6.07) is 0.305. The van der Waals surface area contributed by atoms with Gasteiger partial charge in [-0.1, -0.05) is 40.0 Å². The van der Waals surface area contributed by atoms with E-state index in [0.717, 1.165) is 60.5 Å². The van der Waals surface area contributed by atoms with Crippen LogP contribution in [0.4, 0.5) is 5.00 Å². The molecule has 1 N–H and O–H groups in total. The third kappa shape index (κ3) is 5.00. The van der Waals surface area contributed by atoms with Crippen LogP contribution in [0, 0.1) is 18.3 Å². The quantitative estimate of drug-likeness (QED) is 0.544. The van der Waals surface area contributed by atoms with Crippen LogP contribution in [-0.2, 0) is 19.4 Å². The molecule has 4 rings (SSSR count). The molecule has 1 unspecified atom stereocenters. The number of aromatic nitrogens is 2. The molecule has 2 aromatic rings. The largest absolute Gasteiger partial charge is 0.349 e. The van der Waals surface area contributed by atoms with Gasteiger partial charge in [0.1, 0.15) is 5.00 Å². The highest BCUT2D eigenvalue weighted by molar-refractivity contribution is 7.16. The molecule has 0 spiro atoms. The Morgan fingerprint density at radius 2 is 2.03 bits per heavy atom. The summed E-state index contributed by atoms with van der Waals surface area (Å²) in [5.74, 6) is 0.724. The fraction of sp³-hybridized carbons (Fsp3) is 0.654. The van der Waals surface area contributed by atoms with Gasteiger partial charge in [0, 0.05) is 35.4 Å². The van der Waals surface area contributed by atoms with E-state index in [-0.39, 0.29) is 11.3 Å². The topological polar surface area (TPSA) is 59.3 Å². The Bertz CT molecular complexity index is 988. The molecule has 2 aliphatic carbocycles. The summed E-state index contributed by atoms with van der Waals surface area (Å²) in [6.45, 7) is 11.9. The molecule has 0 aliphatic heterocycles. The van der Waals surface area contributed by atoms with Gasteiger partial charge in [-0.15, -0.1) is 11.3 Å². The smallest absolute Gasteiger partial charge is 0.254 e. The predicted molar refractivity (Wildman–Crippen MR) is 134 cm³/mol. The van der Waals surface area contributed by atoms with E-state index in [1.165, 1.54) is 29.7 Å². The molecule has 1 atom stereocenters. The Hall–Kier alpha value is -1.95. The van der Waals surface area contributed by atoms with Crippen LogP contribution in [0.2, 0.25) is 0 Å². The van der Waals surface area contributed by atoms with Crippen LogP contribution in [0.5, 0.6) is 0 Å². The van der Waals surface area contributed by atoms with Crippen LogP contribution < -0.4 is 5.32 Å². The number of hydrogen-bond donors (Lipinski definition) is 1. The van der Waals surface area contributed by atoms with E-state index in [0.29, 0.717) is 12.0 Å². The molecule has 1 amide bonds. The highest BCUT2D eigenvalue weighted by Gasteiger charge is 2.34. The van der Waals surface area contributed by atoms with E-state index in [2.05, 4.69) is 38.1 Å². The minimum atomic E-state index is 0.0803. The molecule has 174 valence electrons. The summed E-state index contributed by atoms with van der Waals surface area (Å²) < 4.78 is 1.93. The molecule has 6 heteroatoms. The van der Waals surface area contributed by atoms with Crippen LogP contribution in [-0.4, -0.2) is 27.9 Å². The third-order valence-corrected chi connectivity index (χ3v) is 8.43. The highest BCUT2D eigenvalue weighted by atomic mass is 32.1. The van der Waals surface area contributed by atoms with Crippen LogP contribution >= 0.6 is 11.3 Å². The number of carbonyl (C=O) groups excluding carboxylic acids is 1. The van der Waals surface area contributed by atoms with Gasteiger partial charge >= 0.3 is 0 Å². The first-order valence-electron chi connectivity index (χ1n) is 12.3. The molecule has 2 aliphatic rings. The zero-order valence-electron chi connectivity index (χ0n) is 20.3. The van der Waals surface area contributed by atoms with Gasteiger partial charge in [0.2, 0.25) is 0 Å². The van der Waals surface area contributed by atoms with Gasteiger partial charge in [-0.25, -0.2) is 4.99 Å². The van der Waals surface area contributed by atoms with Crippen molar-refractivity contribution < 1.29 is 4.79 Å². The Kier molecular flexibility index (Phi) is 6.89. The van der Waals surface area contributed by atoms with E-state index in [1.54, 1.807) is 11.3 Å². The summed E-state index contributed by atoms with van der Waals surface area (Å²) in [5.41, 5.74) is 4.35. The van der Waals surface area contributed by atoms with Crippen molar-refractivity contribution in [1.82, 2.24) is 15.1 Å². The molecule has 0 bridgehead atoms. The van der Waals surface area contributed by atoms with Gasteiger partial charge in [0.25, 0.3) is 5.91 Å². The van der Waals surface area contributed by atoms with Crippen molar-refractivity contribution in [2.75, 3.05) is 0 Å². The molecule has 0 saturated heterocycles. The van der Waals surface area contributed by atoms with Crippen LogP contribution in [0.25, 0.3) is 0 Å². The molecule has 1 saturated carbocycles. The Morgan fingerprint density at radius 1 is 1.28 bits per heavy atom. The van der Waals surface area contributed by atoms with Crippen LogP contribution in [0.15, 0.2) is 11.2 Å². The second-order valence-electron chi connectivity index (χ2n) is 10.6. The molecule has 2 aromatic heterocycles. The highest BCUT2D eigenvalue weighted by Crippen LogP contribution is 2.45. The third-order valence-electron chi connectivity index (χ3n) is 7.27. The standard InChI is InChI=1S/C26H38N4OS/c1-6-30-16-18(17(2)29-30)15-27-25-23(24(31)28-20-10-8-7-9-11-20)21-13-12-19(26(3,4)5)14-22(21)32-25/h15-16,19-20H,6-14H2,1-5H3,(H,28,31)/b27-15+. The first kappa shape index (κ1) is 23.2. The number of aryl methyl sites for hydroxylation is 2. The van der Waals surface area contributed by atoms with Crippen molar-refractivity contribution in [2.24, 2.45) is 16.3 Å². The van der Waals surface area contributed by atoms with Crippen molar-refractivity contribution in [3.05, 3.63) is 33.5 Å².